The van der Waals surface area contributed by atoms with Gasteiger partial charge in [-0.05, 0) is 43.4 Å². The van der Waals surface area contributed by atoms with Gasteiger partial charge in [-0.25, -0.2) is 4.39 Å². The fourth-order valence-corrected chi connectivity index (χ4v) is 2.50. The monoisotopic (exact) mass is 218 g/mol. The van der Waals surface area contributed by atoms with E-state index in [9.17, 15) is 4.39 Å². The SMILES string of the molecule is CCCCC1=CCCC1c1ccc(F)cc1. The van der Waals surface area contributed by atoms with Gasteiger partial charge in [-0.3, -0.25) is 0 Å². The number of hydrogen-bond donors (Lipinski definition) is 0. The molecule has 1 atom stereocenters. The minimum atomic E-state index is -0.138. The molecule has 0 radical (unpaired) electrons. The molecule has 1 aliphatic rings. The summed E-state index contributed by atoms with van der Waals surface area (Å²) in [6, 6.07) is 7.02. The molecule has 1 aromatic rings. The van der Waals surface area contributed by atoms with Crippen LogP contribution in [-0.2, 0) is 0 Å². The van der Waals surface area contributed by atoms with Crippen LogP contribution in [0.15, 0.2) is 35.9 Å². The Hall–Kier alpha value is -1.11. The Bertz CT molecular complexity index is 362. The van der Waals surface area contributed by atoms with E-state index in [1.807, 2.05) is 12.1 Å². The van der Waals surface area contributed by atoms with E-state index in [1.54, 1.807) is 17.7 Å². The second-order valence-electron chi connectivity index (χ2n) is 4.56. The Balaban J connectivity index is 2.09. The molecule has 0 spiro atoms. The summed E-state index contributed by atoms with van der Waals surface area (Å²) in [5, 5.41) is 0. The Kier molecular flexibility index (Phi) is 3.76. The maximum Gasteiger partial charge on any atom is 0.123 e. The lowest BCUT2D eigenvalue weighted by Crippen LogP contribution is -1.98. The standard InChI is InChI=1S/C15H19F/c1-2-3-5-12-6-4-7-15(12)13-8-10-14(16)11-9-13/h6,8-11,15H,2-5,7H2,1H3. The Morgan fingerprint density at radius 3 is 2.69 bits per heavy atom. The van der Waals surface area contributed by atoms with Gasteiger partial charge in [0.1, 0.15) is 5.82 Å². The van der Waals surface area contributed by atoms with E-state index < -0.39 is 0 Å². The highest BCUT2D eigenvalue weighted by molar-refractivity contribution is 5.32. The van der Waals surface area contributed by atoms with Crippen LogP contribution < -0.4 is 0 Å². The van der Waals surface area contributed by atoms with E-state index in [0.717, 1.165) is 0 Å². The van der Waals surface area contributed by atoms with Crippen LogP contribution in [0, 0.1) is 5.82 Å². The molecule has 2 rings (SSSR count). The van der Waals surface area contributed by atoms with Gasteiger partial charge in [0.05, 0.1) is 0 Å². The highest BCUT2D eigenvalue weighted by Gasteiger charge is 2.20. The summed E-state index contributed by atoms with van der Waals surface area (Å²) in [5.74, 6) is 0.410. The first-order valence-electron chi connectivity index (χ1n) is 6.25. The molecule has 16 heavy (non-hydrogen) atoms. The van der Waals surface area contributed by atoms with Crippen molar-refractivity contribution >= 4 is 0 Å². The lowest BCUT2D eigenvalue weighted by Gasteiger charge is -2.15. The second-order valence-corrected chi connectivity index (χ2v) is 4.56. The summed E-state index contributed by atoms with van der Waals surface area (Å²) in [6.45, 7) is 2.22. The number of halogens is 1. The van der Waals surface area contributed by atoms with E-state index in [-0.39, 0.29) is 5.82 Å². The maximum absolute atomic E-state index is 12.9. The molecule has 1 aliphatic carbocycles. The molecule has 1 heteroatoms. The fourth-order valence-electron chi connectivity index (χ4n) is 2.50. The van der Waals surface area contributed by atoms with Crippen molar-refractivity contribution in [3.63, 3.8) is 0 Å². The molecule has 0 N–H and O–H groups in total. The average molecular weight is 218 g/mol. The predicted molar refractivity (Wildman–Crippen MR) is 66.0 cm³/mol. The van der Waals surface area contributed by atoms with Crippen molar-refractivity contribution in [1.29, 1.82) is 0 Å². The summed E-state index contributed by atoms with van der Waals surface area (Å²) in [4.78, 5) is 0. The summed E-state index contributed by atoms with van der Waals surface area (Å²) >= 11 is 0. The van der Waals surface area contributed by atoms with E-state index in [0.29, 0.717) is 5.92 Å². The number of allylic oxidation sites excluding steroid dienone is 2. The van der Waals surface area contributed by atoms with E-state index in [4.69, 9.17) is 0 Å². The molecule has 86 valence electrons. The Morgan fingerprint density at radius 1 is 1.25 bits per heavy atom. The second kappa shape index (κ2) is 5.29. The zero-order valence-electron chi connectivity index (χ0n) is 9.88. The minimum absolute atomic E-state index is 0.138. The van der Waals surface area contributed by atoms with Gasteiger partial charge in [0, 0.05) is 5.92 Å². The van der Waals surface area contributed by atoms with E-state index in [1.165, 1.54) is 37.7 Å². The molecular formula is C15H19F. The van der Waals surface area contributed by atoms with Crippen molar-refractivity contribution in [3.8, 4) is 0 Å². The molecular weight excluding hydrogens is 199 g/mol. The lowest BCUT2D eigenvalue weighted by molar-refractivity contribution is 0.625. The van der Waals surface area contributed by atoms with Crippen LogP contribution in [0.5, 0.6) is 0 Å². The topological polar surface area (TPSA) is 0 Å². The molecule has 0 heterocycles. The average Bonchev–Trinajstić information content (AvgIpc) is 2.75. The number of benzene rings is 1. The summed E-state index contributed by atoms with van der Waals surface area (Å²) in [6.07, 6.45) is 8.48. The van der Waals surface area contributed by atoms with Crippen molar-refractivity contribution in [2.75, 3.05) is 0 Å². The Labute approximate surface area is 97.2 Å². The van der Waals surface area contributed by atoms with Crippen molar-refractivity contribution in [3.05, 3.63) is 47.3 Å². The van der Waals surface area contributed by atoms with Crippen LogP contribution in [0.3, 0.4) is 0 Å². The molecule has 0 aliphatic heterocycles. The number of unbranched alkanes of at least 4 members (excludes halogenated alkanes) is 1. The molecule has 1 aromatic carbocycles. The van der Waals surface area contributed by atoms with Crippen molar-refractivity contribution < 1.29 is 4.39 Å². The van der Waals surface area contributed by atoms with E-state index in [2.05, 4.69) is 13.0 Å². The van der Waals surface area contributed by atoms with E-state index >= 15 is 0 Å². The van der Waals surface area contributed by atoms with Gasteiger partial charge >= 0.3 is 0 Å². The molecule has 0 amide bonds. The van der Waals surface area contributed by atoms with Crippen LogP contribution in [0.1, 0.15) is 50.5 Å². The van der Waals surface area contributed by atoms with Crippen LogP contribution in [0.2, 0.25) is 0 Å². The van der Waals surface area contributed by atoms with Gasteiger partial charge in [-0.2, -0.15) is 0 Å². The molecule has 0 fully saturated rings. The largest absolute Gasteiger partial charge is 0.207 e. The van der Waals surface area contributed by atoms with Crippen molar-refractivity contribution in [2.24, 2.45) is 0 Å². The molecule has 0 nitrogen and oxygen atoms in total. The first-order valence-corrected chi connectivity index (χ1v) is 6.25. The summed E-state index contributed by atoms with van der Waals surface area (Å²) < 4.78 is 12.9. The first-order chi connectivity index (χ1) is 7.81. The highest BCUT2D eigenvalue weighted by Crippen LogP contribution is 2.37. The van der Waals surface area contributed by atoms with Crippen LogP contribution in [0.25, 0.3) is 0 Å². The maximum atomic E-state index is 12.9. The Morgan fingerprint density at radius 2 is 2.00 bits per heavy atom. The molecule has 0 saturated carbocycles. The smallest absolute Gasteiger partial charge is 0.123 e. The fraction of sp³-hybridized carbons (Fsp3) is 0.467. The van der Waals surface area contributed by atoms with Crippen LogP contribution in [0.4, 0.5) is 4.39 Å². The third-order valence-corrected chi connectivity index (χ3v) is 3.40. The first kappa shape index (κ1) is 11.4. The van der Waals surface area contributed by atoms with Gasteiger partial charge < -0.3 is 0 Å². The third-order valence-electron chi connectivity index (χ3n) is 3.40. The van der Waals surface area contributed by atoms with Crippen LogP contribution in [-0.4, -0.2) is 0 Å². The zero-order valence-corrected chi connectivity index (χ0v) is 9.88. The van der Waals surface area contributed by atoms with Crippen molar-refractivity contribution in [1.82, 2.24) is 0 Å². The molecule has 0 saturated heterocycles. The van der Waals surface area contributed by atoms with Gasteiger partial charge in [0.25, 0.3) is 0 Å². The van der Waals surface area contributed by atoms with Gasteiger partial charge in [-0.15, -0.1) is 0 Å². The summed E-state index contributed by atoms with van der Waals surface area (Å²) in [7, 11) is 0. The summed E-state index contributed by atoms with van der Waals surface area (Å²) in [5.41, 5.74) is 2.84. The quantitative estimate of drug-likeness (QED) is 0.635. The number of rotatable bonds is 4. The predicted octanol–water partition coefficient (Wildman–Crippen LogP) is 4.82. The molecule has 0 bridgehead atoms. The van der Waals surface area contributed by atoms with Gasteiger partial charge in [0.2, 0.25) is 0 Å². The number of hydrogen-bond acceptors (Lipinski definition) is 0. The molecule has 0 aromatic heterocycles. The van der Waals surface area contributed by atoms with Gasteiger partial charge in [-0.1, -0.05) is 37.1 Å². The normalized spacial score (nSPS) is 19.9. The highest BCUT2D eigenvalue weighted by atomic mass is 19.1. The minimum Gasteiger partial charge on any atom is -0.207 e. The van der Waals surface area contributed by atoms with Crippen molar-refractivity contribution in [2.45, 2.75) is 44.9 Å². The zero-order chi connectivity index (χ0) is 11.4. The lowest BCUT2D eigenvalue weighted by atomic mass is 9.90. The van der Waals surface area contributed by atoms with Gasteiger partial charge in [0.15, 0.2) is 0 Å². The van der Waals surface area contributed by atoms with Crippen LogP contribution >= 0.6 is 0 Å². The third kappa shape index (κ3) is 2.52. The molecule has 1 unspecified atom stereocenters.